The molecule has 0 N–H and O–H groups in total. The number of likely N-dealkylation sites (N-methyl/N-ethyl adjacent to an activating group) is 1. The molecule has 2 aliphatic rings. The van der Waals surface area contributed by atoms with E-state index in [2.05, 4.69) is 51.6 Å². The standard InChI is InChI=1S/C21H31N5O/c1-17-21-22-14-19(16-24-10-8-23(2)9-11-24)26(21)13-12-25(17)15-18-4-6-20(27-3)7-5-18/h4-7,14,17H,8-13,15-16H2,1-3H3/t17-/m1/s1. The maximum atomic E-state index is 5.26. The molecule has 4 rings (SSSR count). The first kappa shape index (κ1) is 18.5. The zero-order valence-electron chi connectivity index (χ0n) is 16.8. The minimum atomic E-state index is 0.335. The van der Waals surface area contributed by atoms with Crippen LogP contribution in [-0.4, -0.2) is 71.1 Å². The van der Waals surface area contributed by atoms with E-state index < -0.39 is 0 Å². The second-order valence-corrected chi connectivity index (χ2v) is 7.83. The third kappa shape index (κ3) is 4.03. The molecule has 0 aliphatic carbocycles. The van der Waals surface area contributed by atoms with Crippen LogP contribution in [-0.2, 0) is 19.6 Å². The van der Waals surface area contributed by atoms with E-state index in [9.17, 15) is 0 Å². The third-order valence-corrected chi connectivity index (χ3v) is 6.03. The van der Waals surface area contributed by atoms with Crippen molar-refractivity contribution in [3.8, 4) is 5.75 Å². The highest BCUT2D eigenvalue weighted by atomic mass is 16.5. The van der Waals surface area contributed by atoms with Gasteiger partial charge < -0.3 is 14.2 Å². The van der Waals surface area contributed by atoms with E-state index in [1.165, 1.54) is 17.1 Å². The molecule has 0 amide bonds. The molecular weight excluding hydrogens is 338 g/mol. The SMILES string of the molecule is COc1ccc(CN2CCn3c(CN4CCN(C)CC4)cnc3[C@H]2C)cc1. The quantitative estimate of drug-likeness (QED) is 0.808. The van der Waals surface area contributed by atoms with Crippen LogP contribution in [0.15, 0.2) is 30.5 Å². The summed E-state index contributed by atoms with van der Waals surface area (Å²) in [5.41, 5.74) is 2.69. The maximum absolute atomic E-state index is 5.26. The zero-order valence-corrected chi connectivity index (χ0v) is 16.8. The van der Waals surface area contributed by atoms with Crippen LogP contribution < -0.4 is 4.74 Å². The number of hydrogen-bond donors (Lipinski definition) is 0. The second kappa shape index (κ2) is 8.00. The van der Waals surface area contributed by atoms with Crippen molar-refractivity contribution in [1.29, 1.82) is 0 Å². The van der Waals surface area contributed by atoms with Gasteiger partial charge in [-0.3, -0.25) is 9.80 Å². The first-order chi connectivity index (χ1) is 13.1. The molecular formula is C21H31N5O. The number of rotatable bonds is 5. The molecule has 0 bridgehead atoms. The zero-order chi connectivity index (χ0) is 18.8. The third-order valence-electron chi connectivity index (χ3n) is 6.03. The van der Waals surface area contributed by atoms with E-state index >= 15 is 0 Å². The Morgan fingerprint density at radius 3 is 2.44 bits per heavy atom. The Kier molecular flexibility index (Phi) is 5.48. The Morgan fingerprint density at radius 1 is 1.00 bits per heavy atom. The summed E-state index contributed by atoms with van der Waals surface area (Å²) < 4.78 is 7.72. The van der Waals surface area contributed by atoms with Crippen molar-refractivity contribution in [2.45, 2.75) is 32.6 Å². The molecule has 1 saturated heterocycles. The van der Waals surface area contributed by atoms with Gasteiger partial charge in [0.05, 0.1) is 18.8 Å². The van der Waals surface area contributed by atoms with Gasteiger partial charge in [-0.1, -0.05) is 12.1 Å². The van der Waals surface area contributed by atoms with Crippen LogP contribution in [0.25, 0.3) is 0 Å². The number of piperazine rings is 1. The average molecular weight is 370 g/mol. The van der Waals surface area contributed by atoms with Crippen LogP contribution in [0.1, 0.15) is 30.0 Å². The smallest absolute Gasteiger partial charge is 0.126 e. The summed E-state index contributed by atoms with van der Waals surface area (Å²) in [5.74, 6) is 2.12. The van der Waals surface area contributed by atoms with Crippen LogP contribution in [0.3, 0.4) is 0 Å². The monoisotopic (exact) mass is 369 g/mol. The van der Waals surface area contributed by atoms with Crippen molar-refractivity contribution < 1.29 is 4.74 Å². The van der Waals surface area contributed by atoms with E-state index in [-0.39, 0.29) is 0 Å². The highest BCUT2D eigenvalue weighted by Crippen LogP contribution is 2.27. The Labute approximate surface area is 162 Å². The normalized spacial score (nSPS) is 22.0. The number of fused-ring (bicyclic) bond motifs is 1. The van der Waals surface area contributed by atoms with Crippen molar-refractivity contribution >= 4 is 0 Å². The minimum absolute atomic E-state index is 0.335. The van der Waals surface area contributed by atoms with Crippen LogP contribution >= 0.6 is 0 Å². The van der Waals surface area contributed by atoms with Gasteiger partial charge >= 0.3 is 0 Å². The summed E-state index contributed by atoms with van der Waals surface area (Å²) in [6.45, 7) is 11.0. The lowest BCUT2D eigenvalue weighted by atomic mass is 10.1. The predicted molar refractivity (Wildman–Crippen MR) is 107 cm³/mol. The van der Waals surface area contributed by atoms with Crippen LogP contribution in [0.4, 0.5) is 0 Å². The average Bonchev–Trinajstić information content (AvgIpc) is 3.10. The predicted octanol–water partition coefficient (Wildman–Crippen LogP) is 2.22. The molecule has 0 radical (unpaired) electrons. The fourth-order valence-corrected chi connectivity index (χ4v) is 4.15. The topological polar surface area (TPSA) is 36.8 Å². The number of benzene rings is 1. The molecule has 1 aromatic heterocycles. The molecule has 2 aromatic rings. The van der Waals surface area contributed by atoms with Gasteiger partial charge in [0.25, 0.3) is 0 Å². The fourth-order valence-electron chi connectivity index (χ4n) is 4.15. The number of methoxy groups -OCH3 is 1. The van der Waals surface area contributed by atoms with E-state index in [1.807, 2.05) is 12.1 Å². The molecule has 1 aromatic carbocycles. The highest BCUT2D eigenvalue weighted by Gasteiger charge is 2.27. The Hall–Kier alpha value is -1.89. The molecule has 0 spiro atoms. The summed E-state index contributed by atoms with van der Waals surface area (Å²) in [7, 11) is 3.92. The van der Waals surface area contributed by atoms with Gasteiger partial charge in [-0.25, -0.2) is 4.98 Å². The highest BCUT2D eigenvalue weighted by molar-refractivity contribution is 5.27. The fraction of sp³-hybridized carbons (Fsp3) is 0.571. The molecule has 2 aliphatic heterocycles. The lowest BCUT2D eigenvalue weighted by Crippen LogP contribution is -2.44. The number of imidazole rings is 1. The molecule has 6 heteroatoms. The van der Waals surface area contributed by atoms with Gasteiger partial charge in [0, 0.05) is 58.6 Å². The van der Waals surface area contributed by atoms with Gasteiger partial charge in [-0.05, 0) is 31.7 Å². The van der Waals surface area contributed by atoms with Gasteiger partial charge in [-0.2, -0.15) is 0 Å². The van der Waals surface area contributed by atoms with Gasteiger partial charge in [-0.15, -0.1) is 0 Å². The Bertz CT molecular complexity index is 748. The van der Waals surface area contributed by atoms with Crippen molar-refractivity contribution in [2.75, 3.05) is 46.9 Å². The molecule has 1 fully saturated rings. The Balaban J connectivity index is 1.42. The van der Waals surface area contributed by atoms with E-state index in [0.717, 1.165) is 58.1 Å². The number of nitrogens with zero attached hydrogens (tertiary/aromatic N) is 5. The summed E-state index contributed by atoms with van der Waals surface area (Å²) >= 11 is 0. The lowest BCUT2D eigenvalue weighted by Gasteiger charge is -2.36. The van der Waals surface area contributed by atoms with E-state index in [0.29, 0.717) is 6.04 Å². The van der Waals surface area contributed by atoms with Crippen LogP contribution in [0.2, 0.25) is 0 Å². The first-order valence-corrected chi connectivity index (χ1v) is 9.96. The van der Waals surface area contributed by atoms with Crippen molar-refractivity contribution in [3.05, 3.63) is 47.5 Å². The van der Waals surface area contributed by atoms with Crippen molar-refractivity contribution in [1.82, 2.24) is 24.3 Å². The van der Waals surface area contributed by atoms with E-state index in [1.54, 1.807) is 7.11 Å². The molecule has 6 nitrogen and oxygen atoms in total. The van der Waals surface area contributed by atoms with Crippen LogP contribution in [0, 0.1) is 0 Å². The number of hydrogen-bond acceptors (Lipinski definition) is 5. The van der Waals surface area contributed by atoms with Crippen molar-refractivity contribution in [3.63, 3.8) is 0 Å². The van der Waals surface area contributed by atoms with Gasteiger partial charge in [0.2, 0.25) is 0 Å². The number of aromatic nitrogens is 2. The lowest BCUT2D eigenvalue weighted by molar-refractivity contribution is 0.136. The summed E-state index contributed by atoms with van der Waals surface area (Å²) in [6, 6.07) is 8.73. The summed E-state index contributed by atoms with van der Waals surface area (Å²) in [6.07, 6.45) is 2.10. The largest absolute Gasteiger partial charge is 0.497 e. The van der Waals surface area contributed by atoms with Gasteiger partial charge in [0.15, 0.2) is 0 Å². The number of ether oxygens (including phenoxy) is 1. The minimum Gasteiger partial charge on any atom is -0.497 e. The molecule has 3 heterocycles. The van der Waals surface area contributed by atoms with Crippen molar-refractivity contribution in [2.24, 2.45) is 0 Å². The molecule has 146 valence electrons. The van der Waals surface area contributed by atoms with Gasteiger partial charge in [0.1, 0.15) is 11.6 Å². The summed E-state index contributed by atoms with van der Waals surface area (Å²) in [5, 5.41) is 0. The Morgan fingerprint density at radius 2 is 1.74 bits per heavy atom. The maximum Gasteiger partial charge on any atom is 0.126 e. The molecule has 0 unspecified atom stereocenters. The van der Waals surface area contributed by atoms with E-state index in [4.69, 9.17) is 9.72 Å². The second-order valence-electron chi connectivity index (χ2n) is 7.83. The summed E-state index contributed by atoms with van der Waals surface area (Å²) in [4.78, 5) is 12.3. The molecule has 1 atom stereocenters. The van der Waals surface area contributed by atoms with Crippen LogP contribution in [0.5, 0.6) is 5.75 Å². The molecule has 27 heavy (non-hydrogen) atoms. The molecule has 0 saturated carbocycles. The first-order valence-electron chi connectivity index (χ1n) is 9.96.